The van der Waals surface area contributed by atoms with Gasteiger partial charge >= 0.3 is 0 Å². The lowest BCUT2D eigenvalue weighted by atomic mass is 10.1. The minimum absolute atomic E-state index is 0.102. The molecule has 1 aliphatic rings. The summed E-state index contributed by atoms with van der Waals surface area (Å²) in [4.78, 5) is 0. The Morgan fingerprint density at radius 3 is 2.45 bits per heavy atom. The lowest BCUT2D eigenvalue weighted by Crippen LogP contribution is -2.38. The molecule has 1 aromatic rings. The molecule has 8 heteroatoms. The Morgan fingerprint density at radius 1 is 1.30 bits per heavy atom. The minimum atomic E-state index is -3.78. The van der Waals surface area contributed by atoms with Gasteiger partial charge in [-0.05, 0) is 12.0 Å². The molecular formula is C12H17NO5S2. The third-order valence-corrected chi connectivity index (χ3v) is 7.19. The standard InChI is InChI=1S/C12H17NO5S2/c14-8-12(10-4-2-1-3-5-10)13-20(17,18)11-6-7-19(15,16)9-11/h1-5,11-14H,6-9H2. The van der Waals surface area contributed by atoms with E-state index < -0.39 is 31.2 Å². The molecule has 0 amide bonds. The van der Waals surface area contributed by atoms with Crippen LogP contribution in [0.5, 0.6) is 0 Å². The highest BCUT2D eigenvalue weighted by Crippen LogP contribution is 2.21. The molecule has 0 aromatic heterocycles. The molecule has 0 bridgehead atoms. The fraction of sp³-hybridized carbons (Fsp3) is 0.500. The van der Waals surface area contributed by atoms with Gasteiger partial charge in [0.15, 0.2) is 9.84 Å². The first kappa shape index (κ1) is 15.4. The molecule has 2 N–H and O–H groups in total. The van der Waals surface area contributed by atoms with Crippen molar-refractivity contribution < 1.29 is 21.9 Å². The van der Waals surface area contributed by atoms with Crippen molar-refractivity contribution in [3.05, 3.63) is 35.9 Å². The van der Waals surface area contributed by atoms with E-state index in [0.717, 1.165) is 0 Å². The van der Waals surface area contributed by atoms with E-state index in [0.29, 0.717) is 5.56 Å². The van der Waals surface area contributed by atoms with Gasteiger partial charge in [-0.15, -0.1) is 0 Å². The summed E-state index contributed by atoms with van der Waals surface area (Å²) in [5.41, 5.74) is 0.638. The molecule has 2 unspecified atom stereocenters. The number of aliphatic hydroxyl groups excluding tert-OH is 1. The zero-order valence-corrected chi connectivity index (χ0v) is 12.4. The Balaban J connectivity index is 2.15. The normalized spacial score (nSPS) is 23.6. The smallest absolute Gasteiger partial charge is 0.216 e. The Bertz CT molecular complexity index is 654. The predicted molar refractivity (Wildman–Crippen MR) is 75.4 cm³/mol. The molecule has 6 nitrogen and oxygen atoms in total. The van der Waals surface area contributed by atoms with Crippen molar-refractivity contribution in [2.75, 3.05) is 18.1 Å². The lowest BCUT2D eigenvalue weighted by molar-refractivity contribution is 0.258. The summed E-state index contributed by atoms with van der Waals surface area (Å²) < 4.78 is 49.5. The molecule has 112 valence electrons. The van der Waals surface area contributed by atoms with Gasteiger partial charge in [0.25, 0.3) is 0 Å². The SMILES string of the molecule is O=S1(=O)CCC(S(=O)(=O)NC(CO)c2ccccc2)C1. The van der Waals surface area contributed by atoms with Crippen molar-refractivity contribution in [3.63, 3.8) is 0 Å². The number of rotatable bonds is 5. The molecule has 0 aliphatic carbocycles. The van der Waals surface area contributed by atoms with Gasteiger partial charge in [-0.3, -0.25) is 0 Å². The average Bonchev–Trinajstić information content (AvgIpc) is 2.78. The van der Waals surface area contributed by atoms with E-state index in [2.05, 4.69) is 4.72 Å². The van der Waals surface area contributed by atoms with E-state index in [1.165, 1.54) is 0 Å². The molecule has 2 atom stereocenters. The maximum atomic E-state index is 12.2. The van der Waals surface area contributed by atoms with Gasteiger partial charge in [-0.25, -0.2) is 21.6 Å². The Morgan fingerprint density at radius 2 is 1.95 bits per heavy atom. The van der Waals surface area contributed by atoms with Crippen LogP contribution >= 0.6 is 0 Å². The predicted octanol–water partition coefficient (Wildman–Crippen LogP) is -0.173. The number of sulfonamides is 1. The summed E-state index contributed by atoms with van der Waals surface area (Å²) in [5.74, 6) is -0.455. The summed E-state index contributed by atoms with van der Waals surface area (Å²) in [6, 6.07) is 7.92. The van der Waals surface area contributed by atoms with Gasteiger partial charge in [-0.2, -0.15) is 0 Å². The number of nitrogens with one attached hydrogen (secondary N) is 1. The molecule has 1 aromatic carbocycles. The second-order valence-corrected chi connectivity index (χ2v) is 9.05. The summed E-state index contributed by atoms with van der Waals surface area (Å²) >= 11 is 0. The van der Waals surface area contributed by atoms with Gasteiger partial charge in [0, 0.05) is 0 Å². The number of hydrogen-bond donors (Lipinski definition) is 2. The Hall–Kier alpha value is -0.960. The highest BCUT2D eigenvalue weighted by molar-refractivity contribution is 7.95. The molecule has 0 spiro atoms. The molecule has 0 saturated carbocycles. The van der Waals surface area contributed by atoms with Crippen LogP contribution in [0.3, 0.4) is 0 Å². The second-order valence-electron chi connectivity index (χ2n) is 4.83. The number of sulfone groups is 1. The van der Waals surface area contributed by atoms with Crippen molar-refractivity contribution in [1.29, 1.82) is 0 Å². The number of benzene rings is 1. The topological polar surface area (TPSA) is 101 Å². The van der Waals surface area contributed by atoms with E-state index in [-0.39, 0.29) is 24.5 Å². The van der Waals surface area contributed by atoms with Crippen LogP contribution in [0.25, 0.3) is 0 Å². The van der Waals surface area contributed by atoms with Crippen LogP contribution in [0.4, 0.5) is 0 Å². The van der Waals surface area contributed by atoms with Crippen LogP contribution in [-0.4, -0.2) is 45.3 Å². The van der Waals surface area contributed by atoms with Crippen molar-refractivity contribution in [1.82, 2.24) is 4.72 Å². The van der Waals surface area contributed by atoms with E-state index in [1.54, 1.807) is 30.3 Å². The van der Waals surface area contributed by atoms with Crippen LogP contribution in [0.15, 0.2) is 30.3 Å². The maximum Gasteiger partial charge on any atom is 0.216 e. The summed E-state index contributed by atoms with van der Waals surface area (Å²) in [7, 11) is -7.05. The van der Waals surface area contributed by atoms with Crippen molar-refractivity contribution >= 4 is 19.9 Å². The van der Waals surface area contributed by atoms with Crippen LogP contribution in [-0.2, 0) is 19.9 Å². The first-order chi connectivity index (χ1) is 9.34. The second kappa shape index (κ2) is 5.80. The molecule has 20 heavy (non-hydrogen) atoms. The first-order valence-electron chi connectivity index (χ1n) is 6.21. The number of hydrogen-bond acceptors (Lipinski definition) is 5. The zero-order chi connectivity index (χ0) is 14.8. The van der Waals surface area contributed by atoms with Gasteiger partial charge in [-0.1, -0.05) is 30.3 Å². The van der Waals surface area contributed by atoms with Crippen LogP contribution in [0, 0.1) is 0 Å². The molecule has 1 saturated heterocycles. The van der Waals surface area contributed by atoms with Crippen LogP contribution in [0.2, 0.25) is 0 Å². The van der Waals surface area contributed by atoms with Gasteiger partial charge in [0.1, 0.15) is 0 Å². The fourth-order valence-electron chi connectivity index (χ4n) is 2.20. The highest BCUT2D eigenvalue weighted by atomic mass is 32.2. The van der Waals surface area contributed by atoms with Crippen LogP contribution in [0.1, 0.15) is 18.0 Å². The molecule has 2 rings (SSSR count). The van der Waals surface area contributed by atoms with Gasteiger partial charge in [0.2, 0.25) is 10.0 Å². The minimum Gasteiger partial charge on any atom is -0.394 e. The molecular weight excluding hydrogens is 302 g/mol. The third-order valence-electron chi connectivity index (χ3n) is 3.32. The monoisotopic (exact) mass is 319 g/mol. The lowest BCUT2D eigenvalue weighted by Gasteiger charge is -2.19. The van der Waals surface area contributed by atoms with E-state index in [9.17, 15) is 21.9 Å². The summed E-state index contributed by atoms with van der Waals surface area (Å²) in [6.07, 6.45) is 0.102. The van der Waals surface area contributed by atoms with Crippen molar-refractivity contribution in [3.8, 4) is 0 Å². The number of aliphatic hydroxyl groups is 1. The fourth-order valence-corrected chi connectivity index (χ4v) is 6.46. The van der Waals surface area contributed by atoms with E-state index in [1.807, 2.05) is 0 Å². The summed E-state index contributed by atoms with van der Waals surface area (Å²) in [5, 5.41) is 8.40. The van der Waals surface area contributed by atoms with E-state index >= 15 is 0 Å². The molecule has 1 fully saturated rings. The maximum absolute atomic E-state index is 12.2. The Kier molecular flexibility index (Phi) is 4.48. The third kappa shape index (κ3) is 3.57. The zero-order valence-electron chi connectivity index (χ0n) is 10.8. The quantitative estimate of drug-likeness (QED) is 0.784. The highest BCUT2D eigenvalue weighted by Gasteiger charge is 2.38. The van der Waals surface area contributed by atoms with Crippen LogP contribution < -0.4 is 4.72 Å². The van der Waals surface area contributed by atoms with Gasteiger partial charge < -0.3 is 5.11 Å². The van der Waals surface area contributed by atoms with Gasteiger partial charge in [0.05, 0.1) is 29.4 Å². The van der Waals surface area contributed by atoms with E-state index in [4.69, 9.17) is 0 Å². The Labute approximate surface area is 118 Å². The molecule has 1 heterocycles. The summed E-state index contributed by atoms with van der Waals surface area (Å²) in [6.45, 7) is -0.386. The average molecular weight is 319 g/mol. The largest absolute Gasteiger partial charge is 0.394 e. The molecule has 0 radical (unpaired) electrons. The van der Waals surface area contributed by atoms with Crippen molar-refractivity contribution in [2.24, 2.45) is 0 Å². The molecule has 1 aliphatic heterocycles. The van der Waals surface area contributed by atoms with Crippen molar-refractivity contribution in [2.45, 2.75) is 17.7 Å². The first-order valence-corrected chi connectivity index (χ1v) is 9.58.